The van der Waals surface area contributed by atoms with Gasteiger partial charge in [0, 0.05) is 11.6 Å². The number of ether oxygens (including phenoxy) is 3. The van der Waals surface area contributed by atoms with Crippen LogP contribution in [0.15, 0.2) is 42.5 Å². The number of nitrogens with one attached hydrogen (secondary N) is 2. The molecule has 7 heteroatoms. The molecule has 0 saturated carbocycles. The molecule has 0 aliphatic rings. The van der Waals surface area contributed by atoms with Gasteiger partial charge >= 0.3 is 0 Å². The first-order valence-electron chi connectivity index (χ1n) is 8.13. The zero-order valence-corrected chi connectivity index (χ0v) is 15.7. The molecule has 0 unspecified atom stereocenters. The van der Waals surface area contributed by atoms with E-state index in [0.717, 1.165) is 11.1 Å². The van der Waals surface area contributed by atoms with E-state index in [2.05, 4.69) is 10.9 Å². The lowest BCUT2D eigenvalue weighted by Gasteiger charge is -2.14. The Bertz CT molecular complexity index is 819. The third-order valence-corrected chi connectivity index (χ3v) is 3.73. The number of hydrogen-bond acceptors (Lipinski definition) is 5. The van der Waals surface area contributed by atoms with Crippen molar-refractivity contribution in [2.45, 2.75) is 6.92 Å². The van der Waals surface area contributed by atoms with Gasteiger partial charge in [-0.25, -0.2) is 0 Å². The molecule has 0 aliphatic carbocycles. The Labute approximate surface area is 157 Å². The molecule has 2 aromatic rings. The summed E-state index contributed by atoms with van der Waals surface area (Å²) < 4.78 is 15.6. The maximum absolute atomic E-state index is 12.3. The molecule has 0 atom stereocenters. The number of amides is 2. The van der Waals surface area contributed by atoms with E-state index in [9.17, 15) is 9.59 Å². The molecule has 142 valence electrons. The van der Waals surface area contributed by atoms with Gasteiger partial charge in [-0.3, -0.25) is 20.4 Å². The van der Waals surface area contributed by atoms with E-state index in [4.69, 9.17) is 14.2 Å². The van der Waals surface area contributed by atoms with Gasteiger partial charge in [-0.1, -0.05) is 29.8 Å². The Hall–Kier alpha value is -3.48. The summed E-state index contributed by atoms with van der Waals surface area (Å²) in [6, 6.07) is 10.7. The lowest BCUT2D eigenvalue weighted by molar-refractivity contribution is -0.117. The first-order chi connectivity index (χ1) is 13.0. The molecule has 0 aliphatic heterocycles. The van der Waals surface area contributed by atoms with Crippen LogP contribution in [-0.2, 0) is 4.79 Å². The van der Waals surface area contributed by atoms with Crippen molar-refractivity contribution in [2.24, 2.45) is 0 Å². The molecule has 0 bridgehead atoms. The van der Waals surface area contributed by atoms with Crippen molar-refractivity contribution in [2.75, 3.05) is 21.3 Å². The Morgan fingerprint density at radius 2 is 1.48 bits per heavy atom. The molecule has 27 heavy (non-hydrogen) atoms. The summed E-state index contributed by atoms with van der Waals surface area (Å²) in [5, 5.41) is 0. The van der Waals surface area contributed by atoms with E-state index < -0.39 is 11.8 Å². The Kier molecular flexibility index (Phi) is 6.82. The number of carbonyl (C=O) groups excluding carboxylic acids is 2. The summed E-state index contributed by atoms with van der Waals surface area (Å²) in [6.45, 7) is 1.99. The van der Waals surface area contributed by atoms with Gasteiger partial charge in [-0.15, -0.1) is 0 Å². The fourth-order valence-corrected chi connectivity index (χ4v) is 2.29. The minimum Gasteiger partial charge on any atom is -0.493 e. The van der Waals surface area contributed by atoms with Crippen molar-refractivity contribution in [1.29, 1.82) is 0 Å². The quantitative estimate of drug-likeness (QED) is 0.603. The first-order valence-corrected chi connectivity index (χ1v) is 8.13. The third-order valence-electron chi connectivity index (χ3n) is 3.73. The second-order valence-corrected chi connectivity index (χ2v) is 5.60. The summed E-state index contributed by atoms with van der Waals surface area (Å²) in [6.07, 6.45) is 2.99. The maximum Gasteiger partial charge on any atom is 0.269 e. The molecular formula is C20H22N2O5. The lowest BCUT2D eigenvalue weighted by Crippen LogP contribution is -2.40. The average molecular weight is 370 g/mol. The van der Waals surface area contributed by atoms with Crippen LogP contribution in [0, 0.1) is 6.92 Å². The van der Waals surface area contributed by atoms with E-state index in [-0.39, 0.29) is 5.56 Å². The van der Waals surface area contributed by atoms with Crippen molar-refractivity contribution in [3.63, 3.8) is 0 Å². The van der Waals surface area contributed by atoms with Gasteiger partial charge in [0.1, 0.15) is 0 Å². The highest BCUT2D eigenvalue weighted by Gasteiger charge is 2.17. The van der Waals surface area contributed by atoms with E-state index in [1.165, 1.54) is 39.5 Å². The summed E-state index contributed by atoms with van der Waals surface area (Å²) in [4.78, 5) is 24.2. The molecule has 2 N–H and O–H groups in total. The van der Waals surface area contributed by atoms with Crippen molar-refractivity contribution in [3.05, 3.63) is 59.2 Å². The SMILES string of the molecule is COc1cc(C(=O)NNC(=O)/C=C/c2ccc(C)cc2)cc(OC)c1OC. The first kappa shape index (κ1) is 19.8. The van der Waals surface area contributed by atoms with Crippen LogP contribution in [0.3, 0.4) is 0 Å². The summed E-state index contributed by atoms with van der Waals surface area (Å²) >= 11 is 0. The van der Waals surface area contributed by atoms with Gasteiger partial charge in [-0.05, 0) is 30.7 Å². The van der Waals surface area contributed by atoms with Crippen molar-refractivity contribution in [3.8, 4) is 17.2 Å². The van der Waals surface area contributed by atoms with Crippen molar-refractivity contribution >= 4 is 17.9 Å². The van der Waals surface area contributed by atoms with Gasteiger partial charge in [-0.2, -0.15) is 0 Å². The van der Waals surface area contributed by atoms with E-state index in [1.54, 1.807) is 6.08 Å². The summed E-state index contributed by atoms with van der Waals surface area (Å²) in [5.41, 5.74) is 6.93. The van der Waals surface area contributed by atoms with Gasteiger partial charge < -0.3 is 14.2 Å². The molecular weight excluding hydrogens is 348 g/mol. The summed E-state index contributed by atoms with van der Waals surface area (Å²) in [5.74, 6) is 0.0736. The van der Waals surface area contributed by atoms with Crippen molar-refractivity contribution in [1.82, 2.24) is 10.9 Å². The number of aryl methyl sites for hydroxylation is 1. The molecule has 0 aromatic heterocycles. The monoisotopic (exact) mass is 370 g/mol. The van der Waals surface area contributed by atoms with Gasteiger partial charge in [0.15, 0.2) is 11.5 Å². The molecule has 7 nitrogen and oxygen atoms in total. The van der Waals surface area contributed by atoms with Crippen LogP contribution in [-0.4, -0.2) is 33.1 Å². The third kappa shape index (κ3) is 5.24. The predicted octanol–water partition coefficient (Wildman–Crippen LogP) is 2.50. The predicted molar refractivity (Wildman–Crippen MR) is 102 cm³/mol. The zero-order valence-electron chi connectivity index (χ0n) is 15.7. The van der Waals surface area contributed by atoms with E-state index in [1.807, 2.05) is 31.2 Å². The highest BCUT2D eigenvalue weighted by molar-refractivity contribution is 5.98. The molecule has 0 radical (unpaired) electrons. The van der Waals surface area contributed by atoms with Crippen LogP contribution < -0.4 is 25.1 Å². The summed E-state index contributed by atoms with van der Waals surface area (Å²) in [7, 11) is 4.38. The number of rotatable bonds is 6. The largest absolute Gasteiger partial charge is 0.493 e. The van der Waals surface area contributed by atoms with Crippen LogP contribution in [0.4, 0.5) is 0 Å². The zero-order chi connectivity index (χ0) is 19.8. The van der Waals surface area contributed by atoms with E-state index in [0.29, 0.717) is 17.2 Å². The normalized spacial score (nSPS) is 10.4. The minimum atomic E-state index is -0.522. The number of hydrogen-bond donors (Lipinski definition) is 2. The standard InChI is InChI=1S/C20H22N2O5/c1-13-5-7-14(8-6-13)9-10-18(23)21-22-20(24)15-11-16(25-2)19(27-4)17(12-15)26-3/h5-12H,1-4H3,(H,21,23)(H,22,24)/b10-9+. The lowest BCUT2D eigenvalue weighted by atomic mass is 10.1. The van der Waals surface area contributed by atoms with Gasteiger partial charge in [0.05, 0.1) is 21.3 Å². The van der Waals surface area contributed by atoms with Crippen LogP contribution in [0.25, 0.3) is 6.08 Å². The van der Waals surface area contributed by atoms with Gasteiger partial charge in [0.2, 0.25) is 5.75 Å². The average Bonchev–Trinajstić information content (AvgIpc) is 2.70. The molecule has 0 saturated heterocycles. The van der Waals surface area contributed by atoms with E-state index >= 15 is 0 Å². The van der Waals surface area contributed by atoms with Crippen LogP contribution in [0.1, 0.15) is 21.5 Å². The Balaban J connectivity index is 2.02. The van der Waals surface area contributed by atoms with Gasteiger partial charge in [0.25, 0.3) is 11.8 Å². The number of carbonyl (C=O) groups is 2. The van der Waals surface area contributed by atoms with Crippen molar-refractivity contribution < 1.29 is 23.8 Å². The molecule has 2 amide bonds. The highest BCUT2D eigenvalue weighted by atomic mass is 16.5. The molecule has 2 rings (SSSR count). The molecule has 0 fully saturated rings. The molecule has 2 aromatic carbocycles. The number of benzene rings is 2. The second-order valence-electron chi connectivity index (χ2n) is 5.60. The second kappa shape index (κ2) is 9.28. The number of methoxy groups -OCH3 is 3. The smallest absolute Gasteiger partial charge is 0.269 e. The molecule has 0 spiro atoms. The Morgan fingerprint density at radius 1 is 0.889 bits per heavy atom. The molecule has 0 heterocycles. The van der Waals surface area contributed by atoms with Crippen LogP contribution in [0.5, 0.6) is 17.2 Å². The maximum atomic E-state index is 12.3. The highest BCUT2D eigenvalue weighted by Crippen LogP contribution is 2.38. The van der Waals surface area contributed by atoms with Crippen LogP contribution >= 0.6 is 0 Å². The topological polar surface area (TPSA) is 85.9 Å². The minimum absolute atomic E-state index is 0.243. The van der Waals surface area contributed by atoms with Crippen LogP contribution in [0.2, 0.25) is 0 Å². The fraction of sp³-hybridized carbons (Fsp3) is 0.200. The fourth-order valence-electron chi connectivity index (χ4n) is 2.29. The Morgan fingerprint density at radius 3 is 2.00 bits per heavy atom. The number of hydrazine groups is 1.